The lowest BCUT2D eigenvalue weighted by atomic mass is 10.0. The van der Waals surface area contributed by atoms with E-state index in [9.17, 15) is 18.0 Å². The van der Waals surface area contributed by atoms with Crippen molar-refractivity contribution in [3.63, 3.8) is 0 Å². The van der Waals surface area contributed by atoms with Crippen molar-refractivity contribution in [1.82, 2.24) is 0 Å². The summed E-state index contributed by atoms with van der Waals surface area (Å²) in [4.78, 5) is 12.0. The zero-order valence-electron chi connectivity index (χ0n) is 9.54. The Kier molecular flexibility index (Phi) is 3.90. The molecule has 0 aliphatic rings. The second-order valence-corrected chi connectivity index (χ2v) is 4.32. The van der Waals surface area contributed by atoms with Crippen molar-refractivity contribution in [2.75, 3.05) is 0 Å². The molecule has 0 amide bonds. The Morgan fingerprint density at radius 2 is 1.63 bits per heavy atom. The number of ketones is 1. The molecule has 1 unspecified atom stereocenters. The first-order valence-electron chi connectivity index (χ1n) is 5.38. The van der Waals surface area contributed by atoms with Crippen LogP contribution in [0.2, 0.25) is 0 Å². The Labute approximate surface area is 112 Å². The third-order valence-electron chi connectivity index (χ3n) is 2.61. The molecule has 0 saturated heterocycles. The van der Waals surface area contributed by atoms with Crippen LogP contribution in [0.5, 0.6) is 0 Å². The van der Waals surface area contributed by atoms with E-state index in [1.54, 1.807) is 0 Å². The highest BCUT2D eigenvalue weighted by Gasteiger charge is 2.23. The number of hydrogen-bond acceptors (Lipinski definition) is 1. The number of Topliss-reactive ketones (excluding diaryl/α,β-unsaturated/α-hetero) is 1. The fourth-order valence-electron chi connectivity index (χ4n) is 1.61. The number of rotatable bonds is 3. The van der Waals surface area contributed by atoms with Crippen molar-refractivity contribution in [3.05, 3.63) is 71.0 Å². The highest BCUT2D eigenvalue weighted by molar-refractivity contribution is 6.33. The lowest BCUT2D eigenvalue weighted by molar-refractivity contribution is 0.0982. The minimum atomic E-state index is -1.24. The third kappa shape index (κ3) is 2.79. The van der Waals surface area contributed by atoms with Gasteiger partial charge < -0.3 is 0 Å². The summed E-state index contributed by atoms with van der Waals surface area (Å²) in [5, 5.41) is -1.20. The largest absolute Gasteiger partial charge is 0.292 e. The van der Waals surface area contributed by atoms with E-state index in [0.717, 1.165) is 24.3 Å². The second kappa shape index (κ2) is 5.45. The summed E-state index contributed by atoms with van der Waals surface area (Å²) in [6.45, 7) is 0. The van der Waals surface area contributed by atoms with Gasteiger partial charge in [-0.3, -0.25) is 4.79 Å². The van der Waals surface area contributed by atoms with Gasteiger partial charge in [-0.25, -0.2) is 13.2 Å². The summed E-state index contributed by atoms with van der Waals surface area (Å²) >= 11 is 5.91. The number of carbonyl (C=O) groups is 1. The predicted molar refractivity (Wildman–Crippen MR) is 65.7 cm³/mol. The van der Waals surface area contributed by atoms with Crippen LogP contribution in [0.15, 0.2) is 42.5 Å². The number of alkyl halides is 1. The molecule has 0 heterocycles. The van der Waals surface area contributed by atoms with Gasteiger partial charge in [0.25, 0.3) is 0 Å². The molecule has 1 nitrogen and oxygen atoms in total. The predicted octanol–water partition coefficient (Wildman–Crippen LogP) is 4.27. The maximum atomic E-state index is 13.5. The van der Waals surface area contributed by atoms with Crippen LogP contribution in [-0.2, 0) is 0 Å². The van der Waals surface area contributed by atoms with Crippen LogP contribution in [0.1, 0.15) is 21.3 Å². The minimum absolute atomic E-state index is 0.316. The van der Waals surface area contributed by atoms with Gasteiger partial charge in [0.15, 0.2) is 17.4 Å². The SMILES string of the molecule is O=C(c1cccc(F)c1F)C(Cl)c1ccc(F)cc1. The molecule has 2 aromatic rings. The van der Waals surface area contributed by atoms with Crippen LogP contribution in [0.25, 0.3) is 0 Å². The van der Waals surface area contributed by atoms with Crippen molar-refractivity contribution in [3.8, 4) is 0 Å². The number of carbonyl (C=O) groups excluding carboxylic acids is 1. The van der Waals surface area contributed by atoms with E-state index in [1.807, 2.05) is 0 Å². The highest BCUT2D eigenvalue weighted by atomic mass is 35.5. The Balaban J connectivity index is 2.33. The van der Waals surface area contributed by atoms with Crippen molar-refractivity contribution in [2.45, 2.75) is 5.38 Å². The first kappa shape index (κ1) is 13.6. The zero-order chi connectivity index (χ0) is 14.0. The van der Waals surface area contributed by atoms with Crippen LogP contribution >= 0.6 is 11.6 Å². The quantitative estimate of drug-likeness (QED) is 0.608. The van der Waals surface area contributed by atoms with Crippen LogP contribution in [0.3, 0.4) is 0 Å². The average molecular weight is 285 g/mol. The lowest BCUT2D eigenvalue weighted by Crippen LogP contribution is -2.10. The van der Waals surface area contributed by atoms with Crippen LogP contribution < -0.4 is 0 Å². The normalized spacial score (nSPS) is 12.2. The van der Waals surface area contributed by atoms with Crippen molar-refractivity contribution >= 4 is 17.4 Å². The highest BCUT2D eigenvalue weighted by Crippen LogP contribution is 2.26. The zero-order valence-corrected chi connectivity index (χ0v) is 10.3. The summed E-state index contributed by atoms with van der Waals surface area (Å²) < 4.78 is 39.3. The van der Waals surface area contributed by atoms with Gasteiger partial charge >= 0.3 is 0 Å². The first-order valence-corrected chi connectivity index (χ1v) is 5.82. The van der Waals surface area contributed by atoms with E-state index < -0.39 is 34.2 Å². The standard InChI is InChI=1S/C14H8ClF3O/c15-12(8-4-6-9(16)7-5-8)14(19)10-2-1-3-11(17)13(10)18/h1-7,12H. The maximum Gasteiger partial charge on any atom is 0.188 e. The first-order chi connectivity index (χ1) is 9.00. The van der Waals surface area contributed by atoms with Crippen LogP contribution in [0.4, 0.5) is 13.2 Å². The molecule has 0 radical (unpaired) electrons. The van der Waals surface area contributed by atoms with Crippen molar-refractivity contribution in [1.29, 1.82) is 0 Å². The monoisotopic (exact) mass is 284 g/mol. The molecular formula is C14H8ClF3O. The van der Waals surface area contributed by atoms with E-state index in [4.69, 9.17) is 11.6 Å². The third-order valence-corrected chi connectivity index (χ3v) is 3.06. The fraction of sp³-hybridized carbons (Fsp3) is 0.0714. The van der Waals surface area contributed by atoms with E-state index in [-0.39, 0.29) is 0 Å². The molecule has 98 valence electrons. The lowest BCUT2D eigenvalue weighted by Gasteiger charge is -2.10. The van der Waals surface area contributed by atoms with E-state index in [2.05, 4.69) is 0 Å². The van der Waals surface area contributed by atoms with E-state index in [0.29, 0.717) is 5.56 Å². The van der Waals surface area contributed by atoms with E-state index in [1.165, 1.54) is 18.2 Å². The Hall–Kier alpha value is -1.81. The van der Waals surface area contributed by atoms with Gasteiger partial charge in [0.1, 0.15) is 11.2 Å². The van der Waals surface area contributed by atoms with Gasteiger partial charge in [0.05, 0.1) is 5.56 Å². The molecule has 2 aromatic carbocycles. The molecule has 0 aromatic heterocycles. The molecule has 0 aliphatic carbocycles. The number of benzene rings is 2. The Morgan fingerprint density at radius 1 is 1.00 bits per heavy atom. The van der Waals surface area contributed by atoms with Crippen LogP contribution in [-0.4, -0.2) is 5.78 Å². The van der Waals surface area contributed by atoms with Gasteiger partial charge in [-0.1, -0.05) is 18.2 Å². The van der Waals surface area contributed by atoms with E-state index >= 15 is 0 Å². The molecule has 0 saturated carbocycles. The molecule has 0 aliphatic heterocycles. The molecule has 1 atom stereocenters. The smallest absolute Gasteiger partial charge is 0.188 e. The Morgan fingerprint density at radius 3 is 2.26 bits per heavy atom. The molecular weight excluding hydrogens is 277 g/mol. The van der Waals surface area contributed by atoms with Crippen molar-refractivity contribution in [2.24, 2.45) is 0 Å². The molecule has 0 N–H and O–H groups in total. The maximum absolute atomic E-state index is 13.5. The van der Waals surface area contributed by atoms with Crippen LogP contribution in [0, 0.1) is 17.5 Å². The molecule has 2 rings (SSSR count). The summed E-state index contributed by atoms with van der Waals surface area (Å²) in [7, 11) is 0. The summed E-state index contributed by atoms with van der Waals surface area (Å²) in [5.74, 6) is -3.60. The van der Waals surface area contributed by atoms with Gasteiger partial charge in [-0.2, -0.15) is 0 Å². The van der Waals surface area contributed by atoms with Gasteiger partial charge in [-0.05, 0) is 29.8 Å². The molecule has 19 heavy (non-hydrogen) atoms. The summed E-state index contributed by atoms with van der Waals surface area (Å²) in [6.07, 6.45) is 0. The molecule has 0 fully saturated rings. The van der Waals surface area contributed by atoms with Gasteiger partial charge in [0.2, 0.25) is 0 Å². The fourth-order valence-corrected chi connectivity index (χ4v) is 1.88. The second-order valence-electron chi connectivity index (χ2n) is 3.88. The average Bonchev–Trinajstić information content (AvgIpc) is 2.41. The van der Waals surface area contributed by atoms with Crippen molar-refractivity contribution < 1.29 is 18.0 Å². The minimum Gasteiger partial charge on any atom is -0.292 e. The summed E-state index contributed by atoms with van der Waals surface area (Å²) in [6, 6.07) is 8.21. The molecule has 0 spiro atoms. The topological polar surface area (TPSA) is 17.1 Å². The van der Waals surface area contributed by atoms with Gasteiger partial charge in [0, 0.05) is 0 Å². The number of halogens is 4. The Bertz CT molecular complexity index is 611. The van der Waals surface area contributed by atoms with Gasteiger partial charge in [-0.15, -0.1) is 11.6 Å². The molecule has 5 heteroatoms. The number of hydrogen-bond donors (Lipinski definition) is 0. The molecule has 0 bridgehead atoms. The summed E-state index contributed by atoms with van der Waals surface area (Å²) in [5.41, 5.74) is -0.110.